The summed E-state index contributed by atoms with van der Waals surface area (Å²) in [5, 5.41) is 3.65. The van der Waals surface area contributed by atoms with Gasteiger partial charge in [-0.2, -0.15) is 4.98 Å². The van der Waals surface area contributed by atoms with Crippen molar-refractivity contribution in [3.63, 3.8) is 0 Å². The SMILES string of the molecule is Nc1noc(C2CN3CCCC2C3)n1. The number of nitrogen functional groups attached to an aromatic ring is 1. The minimum atomic E-state index is 0.261. The van der Waals surface area contributed by atoms with Crippen LogP contribution in [-0.2, 0) is 0 Å². The average molecular weight is 194 g/mol. The fourth-order valence-corrected chi connectivity index (χ4v) is 2.69. The number of nitrogens with zero attached hydrogens (tertiary/aromatic N) is 3. The Hall–Kier alpha value is -1.10. The molecule has 5 heteroatoms. The molecule has 1 aromatic rings. The number of piperidine rings is 1. The van der Waals surface area contributed by atoms with Crippen molar-refractivity contribution < 1.29 is 4.52 Å². The van der Waals surface area contributed by atoms with Crippen molar-refractivity contribution in [1.29, 1.82) is 0 Å². The van der Waals surface area contributed by atoms with Gasteiger partial charge >= 0.3 is 0 Å². The van der Waals surface area contributed by atoms with E-state index in [1.54, 1.807) is 0 Å². The molecule has 0 amide bonds. The van der Waals surface area contributed by atoms with E-state index in [0.29, 0.717) is 11.8 Å². The van der Waals surface area contributed by atoms with Gasteiger partial charge in [0.05, 0.1) is 5.92 Å². The highest BCUT2D eigenvalue weighted by molar-refractivity contribution is 5.14. The summed E-state index contributed by atoms with van der Waals surface area (Å²) in [5.74, 6) is 2.11. The minimum Gasteiger partial charge on any atom is -0.365 e. The summed E-state index contributed by atoms with van der Waals surface area (Å²) in [4.78, 5) is 6.60. The fourth-order valence-electron chi connectivity index (χ4n) is 2.69. The lowest BCUT2D eigenvalue weighted by molar-refractivity contribution is 0.268. The third-order valence-corrected chi connectivity index (χ3v) is 3.34. The molecule has 2 N–H and O–H groups in total. The first-order valence-electron chi connectivity index (χ1n) is 5.14. The Morgan fingerprint density at radius 3 is 3.07 bits per heavy atom. The maximum absolute atomic E-state index is 5.45. The molecule has 5 nitrogen and oxygen atoms in total. The number of aromatic nitrogens is 2. The van der Waals surface area contributed by atoms with Gasteiger partial charge in [0.2, 0.25) is 5.89 Å². The van der Waals surface area contributed by atoms with Crippen molar-refractivity contribution in [2.45, 2.75) is 18.8 Å². The van der Waals surface area contributed by atoms with E-state index in [9.17, 15) is 0 Å². The largest absolute Gasteiger partial charge is 0.365 e. The maximum atomic E-state index is 5.45. The van der Waals surface area contributed by atoms with E-state index in [4.69, 9.17) is 10.3 Å². The number of hydrogen-bond acceptors (Lipinski definition) is 5. The monoisotopic (exact) mass is 194 g/mol. The van der Waals surface area contributed by atoms with Crippen molar-refractivity contribution in [2.75, 3.05) is 25.4 Å². The Kier molecular flexibility index (Phi) is 1.73. The molecule has 2 saturated heterocycles. The van der Waals surface area contributed by atoms with E-state index in [-0.39, 0.29) is 5.95 Å². The summed E-state index contributed by atoms with van der Waals surface area (Å²) in [5.41, 5.74) is 5.45. The standard InChI is InChI=1S/C9H14N4O/c10-9-11-8(14-12-9)7-5-13-3-1-2-6(7)4-13/h6-7H,1-5H2,(H2,10,12). The quantitative estimate of drug-likeness (QED) is 0.703. The molecule has 0 saturated carbocycles. The van der Waals surface area contributed by atoms with Crippen LogP contribution < -0.4 is 5.73 Å². The summed E-state index contributed by atoms with van der Waals surface area (Å²) in [6.45, 7) is 3.47. The summed E-state index contributed by atoms with van der Waals surface area (Å²) in [6, 6.07) is 0. The third-order valence-electron chi connectivity index (χ3n) is 3.34. The summed E-state index contributed by atoms with van der Waals surface area (Å²) in [6.07, 6.45) is 2.58. The molecule has 0 aromatic carbocycles. The van der Waals surface area contributed by atoms with Crippen LogP contribution in [0.1, 0.15) is 24.7 Å². The lowest BCUT2D eigenvalue weighted by Gasteiger charge is -2.21. The lowest BCUT2D eigenvalue weighted by atomic mass is 9.91. The molecule has 0 spiro atoms. The predicted octanol–water partition coefficient (Wildman–Crippen LogP) is 0.461. The van der Waals surface area contributed by atoms with Crippen LogP contribution in [0.2, 0.25) is 0 Å². The normalized spacial score (nSPS) is 36.1. The Bertz CT molecular complexity index is 337. The average Bonchev–Trinajstić information content (AvgIpc) is 2.71. The van der Waals surface area contributed by atoms with E-state index < -0.39 is 0 Å². The van der Waals surface area contributed by atoms with Gasteiger partial charge in [-0.1, -0.05) is 0 Å². The van der Waals surface area contributed by atoms with Crippen LogP contribution in [0.25, 0.3) is 0 Å². The fraction of sp³-hybridized carbons (Fsp3) is 0.778. The Balaban J connectivity index is 1.85. The van der Waals surface area contributed by atoms with Gasteiger partial charge in [-0.15, -0.1) is 0 Å². The summed E-state index contributed by atoms with van der Waals surface area (Å²) < 4.78 is 5.14. The number of nitrogens with two attached hydrogens (primary N) is 1. The smallest absolute Gasteiger partial charge is 0.260 e. The molecule has 2 bridgehead atoms. The molecule has 2 aliphatic rings. The van der Waals surface area contributed by atoms with Crippen molar-refractivity contribution in [1.82, 2.24) is 15.0 Å². The van der Waals surface area contributed by atoms with Crippen LogP contribution in [0.4, 0.5) is 5.95 Å². The van der Waals surface area contributed by atoms with Crippen molar-refractivity contribution in [3.8, 4) is 0 Å². The van der Waals surface area contributed by atoms with Crippen LogP contribution in [0.15, 0.2) is 4.52 Å². The van der Waals surface area contributed by atoms with Crippen LogP contribution in [0.5, 0.6) is 0 Å². The first-order chi connectivity index (χ1) is 6.83. The van der Waals surface area contributed by atoms with Gasteiger partial charge in [-0.3, -0.25) is 0 Å². The molecule has 3 atom stereocenters. The van der Waals surface area contributed by atoms with Gasteiger partial charge < -0.3 is 15.2 Å². The predicted molar refractivity (Wildman–Crippen MR) is 50.6 cm³/mol. The Morgan fingerprint density at radius 1 is 1.43 bits per heavy atom. The second-order valence-corrected chi connectivity index (χ2v) is 4.26. The van der Waals surface area contributed by atoms with E-state index >= 15 is 0 Å². The zero-order valence-electron chi connectivity index (χ0n) is 8.02. The van der Waals surface area contributed by atoms with Crippen LogP contribution in [0.3, 0.4) is 0 Å². The van der Waals surface area contributed by atoms with E-state index in [1.807, 2.05) is 0 Å². The highest BCUT2D eigenvalue weighted by atomic mass is 16.5. The molecular formula is C9H14N4O. The molecule has 14 heavy (non-hydrogen) atoms. The molecule has 0 radical (unpaired) electrons. The molecule has 3 rings (SSSR count). The van der Waals surface area contributed by atoms with Crippen molar-refractivity contribution in [2.24, 2.45) is 5.92 Å². The van der Waals surface area contributed by atoms with E-state index in [0.717, 1.165) is 12.4 Å². The number of hydrogen-bond donors (Lipinski definition) is 1. The second-order valence-electron chi connectivity index (χ2n) is 4.26. The van der Waals surface area contributed by atoms with Gasteiger partial charge in [-0.25, -0.2) is 0 Å². The van der Waals surface area contributed by atoms with Crippen molar-refractivity contribution in [3.05, 3.63) is 5.89 Å². The minimum absolute atomic E-state index is 0.261. The first-order valence-corrected chi connectivity index (χ1v) is 5.14. The number of anilines is 1. The van der Waals surface area contributed by atoms with Crippen LogP contribution in [0, 0.1) is 5.92 Å². The Labute approximate surface area is 82.3 Å². The zero-order chi connectivity index (χ0) is 9.54. The molecule has 76 valence electrons. The van der Waals surface area contributed by atoms with Crippen molar-refractivity contribution >= 4 is 5.95 Å². The lowest BCUT2D eigenvalue weighted by Crippen LogP contribution is -2.25. The summed E-state index contributed by atoms with van der Waals surface area (Å²) >= 11 is 0. The zero-order valence-corrected chi connectivity index (χ0v) is 8.02. The van der Waals surface area contributed by atoms with Gasteiger partial charge in [0.15, 0.2) is 0 Å². The molecule has 2 fully saturated rings. The first kappa shape index (κ1) is 8.23. The Morgan fingerprint density at radius 2 is 2.36 bits per heavy atom. The topological polar surface area (TPSA) is 68.2 Å². The third kappa shape index (κ3) is 1.19. The molecule has 3 heterocycles. The van der Waals surface area contributed by atoms with E-state index in [1.165, 1.54) is 25.9 Å². The van der Waals surface area contributed by atoms with Gasteiger partial charge in [0.1, 0.15) is 0 Å². The number of fused-ring (bicyclic) bond motifs is 2. The van der Waals surface area contributed by atoms with Gasteiger partial charge in [0.25, 0.3) is 5.95 Å². The summed E-state index contributed by atoms with van der Waals surface area (Å²) in [7, 11) is 0. The molecular weight excluding hydrogens is 180 g/mol. The van der Waals surface area contributed by atoms with Gasteiger partial charge in [-0.05, 0) is 30.5 Å². The number of rotatable bonds is 1. The molecule has 2 aliphatic heterocycles. The maximum Gasteiger partial charge on any atom is 0.260 e. The van der Waals surface area contributed by atoms with Gasteiger partial charge in [0, 0.05) is 13.1 Å². The van der Waals surface area contributed by atoms with E-state index in [2.05, 4.69) is 15.0 Å². The van der Waals surface area contributed by atoms with Crippen LogP contribution >= 0.6 is 0 Å². The van der Waals surface area contributed by atoms with Crippen LogP contribution in [-0.4, -0.2) is 34.7 Å². The highest BCUT2D eigenvalue weighted by Crippen LogP contribution is 2.37. The highest BCUT2D eigenvalue weighted by Gasteiger charge is 2.39. The molecule has 0 aliphatic carbocycles. The second kappa shape index (κ2) is 2.95. The molecule has 3 unspecified atom stereocenters. The molecule has 1 aromatic heterocycles.